The van der Waals surface area contributed by atoms with Crippen LogP contribution < -0.4 is 16.0 Å². The Balaban J connectivity index is 1.87. The minimum atomic E-state index is -0.234. The molecule has 0 bridgehead atoms. The van der Waals surface area contributed by atoms with Gasteiger partial charge in [-0.2, -0.15) is 0 Å². The lowest BCUT2D eigenvalue weighted by atomic mass is 10.1. The first-order valence-electron chi connectivity index (χ1n) is 7.54. The second-order valence-corrected chi connectivity index (χ2v) is 6.69. The standard InChI is InChI=1S/C17H17BrClN3O2/c18-12-4-2-1-3-11(12)17(23)21-15-10-16(14(20)9-13(15)19)22-5-7-24-8-6-22/h1-4,9-10H,5-8,20H2,(H,21,23). The van der Waals surface area contributed by atoms with Crippen LogP contribution in [0.5, 0.6) is 0 Å². The molecular formula is C17H17BrClN3O2. The van der Waals surface area contributed by atoms with E-state index >= 15 is 0 Å². The van der Waals surface area contributed by atoms with E-state index in [4.69, 9.17) is 22.1 Å². The van der Waals surface area contributed by atoms with Crippen LogP contribution in [-0.2, 0) is 4.74 Å². The Morgan fingerprint density at radius 3 is 2.67 bits per heavy atom. The van der Waals surface area contributed by atoms with Crippen molar-refractivity contribution >= 4 is 50.5 Å². The van der Waals surface area contributed by atoms with Crippen LogP contribution in [0.3, 0.4) is 0 Å². The van der Waals surface area contributed by atoms with E-state index in [2.05, 4.69) is 26.1 Å². The average Bonchev–Trinajstić information content (AvgIpc) is 2.58. The molecule has 0 atom stereocenters. The maximum atomic E-state index is 12.5. The average molecular weight is 411 g/mol. The van der Waals surface area contributed by atoms with Crippen LogP contribution >= 0.6 is 27.5 Å². The molecule has 1 aliphatic heterocycles. The number of nitrogen functional groups attached to an aromatic ring is 1. The number of carbonyl (C=O) groups is 1. The van der Waals surface area contributed by atoms with Gasteiger partial charge in [0.1, 0.15) is 0 Å². The number of nitrogens with two attached hydrogens (primary N) is 1. The van der Waals surface area contributed by atoms with Gasteiger partial charge in [0.05, 0.1) is 40.9 Å². The first-order valence-corrected chi connectivity index (χ1v) is 8.71. The molecule has 24 heavy (non-hydrogen) atoms. The van der Waals surface area contributed by atoms with Crippen molar-refractivity contribution in [2.75, 3.05) is 42.3 Å². The van der Waals surface area contributed by atoms with Gasteiger partial charge >= 0.3 is 0 Å². The van der Waals surface area contributed by atoms with Gasteiger partial charge in [0, 0.05) is 17.6 Å². The third kappa shape index (κ3) is 3.66. The van der Waals surface area contributed by atoms with Crippen LogP contribution in [0.2, 0.25) is 5.02 Å². The van der Waals surface area contributed by atoms with Crippen molar-refractivity contribution in [3.8, 4) is 0 Å². The fourth-order valence-electron chi connectivity index (χ4n) is 2.59. The number of anilines is 3. The van der Waals surface area contributed by atoms with E-state index in [1.807, 2.05) is 24.3 Å². The zero-order valence-corrected chi connectivity index (χ0v) is 15.2. The summed E-state index contributed by atoms with van der Waals surface area (Å²) in [5.41, 5.74) is 8.61. The van der Waals surface area contributed by atoms with Crippen molar-refractivity contribution in [1.82, 2.24) is 0 Å². The molecule has 0 aliphatic carbocycles. The molecule has 2 aromatic carbocycles. The highest BCUT2D eigenvalue weighted by Crippen LogP contribution is 2.34. The lowest BCUT2D eigenvalue weighted by molar-refractivity contribution is 0.102. The summed E-state index contributed by atoms with van der Waals surface area (Å²) in [6, 6.07) is 10.7. The third-order valence-corrected chi connectivity index (χ3v) is 4.84. The van der Waals surface area contributed by atoms with Gasteiger partial charge in [-0.1, -0.05) is 23.7 Å². The number of rotatable bonds is 3. The third-order valence-electron chi connectivity index (χ3n) is 3.83. The van der Waals surface area contributed by atoms with Crippen molar-refractivity contribution < 1.29 is 9.53 Å². The molecule has 126 valence electrons. The molecule has 3 rings (SSSR count). The van der Waals surface area contributed by atoms with Gasteiger partial charge in [-0.25, -0.2) is 0 Å². The highest BCUT2D eigenvalue weighted by molar-refractivity contribution is 9.10. The Hall–Kier alpha value is -1.76. The van der Waals surface area contributed by atoms with Crippen LogP contribution in [0.4, 0.5) is 17.1 Å². The largest absolute Gasteiger partial charge is 0.397 e. The molecule has 1 saturated heterocycles. The molecule has 0 aromatic heterocycles. The SMILES string of the molecule is Nc1cc(Cl)c(NC(=O)c2ccccc2Br)cc1N1CCOCC1. The van der Waals surface area contributed by atoms with E-state index in [0.29, 0.717) is 35.2 Å². The van der Waals surface area contributed by atoms with Crippen LogP contribution in [0.1, 0.15) is 10.4 Å². The summed E-state index contributed by atoms with van der Waals surface area (Å²) in [5.74, 6) is -0.234. The number of hydrogen-bond donors (Lipinski definition) is 2. The molecule has 1 amide bonds. The fraction of sp³-hybridized carbons (Fsp3) is 0.235. The maximum Gasteiger partial charge on any atom is 0.256 e. The number of amides is 1. The van der Waals surface area contributed by atoms with Crippen molar-refractivity contribution in [1.29, 1.82) is 0 Å². The van der Waals surface area contributed by atoms with Gasteiger partial charge in [-0.05, 0) is 40.2 Å². The Kier molecular flexibility index (Phi) is 5.28. The Labute approximate surface area is 153 Å². The summed E-state index contributed by atoms with van der Waals surface area (Å²) in [5, 5.41) is 3.27. The minimum Gasteiger partial charge on any atom is -0.397 e. The molecule has 5 nitrogen and oxygen atoms in total. The summed E-state index contributed by atoms with van der Waals surface area (Å²) in [4.78, 5) is 14.6. The predicted molar refractivity (Wildman–Crippen MR) is 101 cm³/mol. The predicted octanol–water partition coefficient (Wildman–Crippen LogP) is 3.77. The van der Waals surface area contributed by atoms with E-state index in [0.717, 1.165) is 23.2 Å². The summed E-state index contributed by atoms with van der Waals surface area (Å²) >= 11 is 9.64. The van der Waals surface area contributed by atoms with Crippen LogP contribution in [0.25, 0.3) is 0 Å². The van der Waals surface area contributed by atoms with Gasteiger partial charge in [0.15, 0.2) is 0 Å². The Morgan fingerprint density at radius 1 is 1.25 bits per heavy atom. The lowest BCUT2D eigenvalue weighted by Gasteiger charge is -2.30. The van der Waals surface area contributed by atoms with Crippen LogP contribution in [-0.4, -0.2) is 32.2 Å². The quantitative estimate of drug-likeness (QED) is 0.756. The maximum absolute atomic E-state index is 12.5. The van der Waals surface area contributed by atoms with Gasteiger partial charge in [0.25, 0.3) is 5.91 Å². The number of benzene rings is 2. The number of nitrogens with one attached hydrogen (secondary N) is 1. The smallest absolute Gasteiger partial charge is 0.256 e. The molecule has 0 saturated carbocycles. The zero-order valence-electron chi connectivity index (χ0n) is 12.9. The number of morpholine rings is 1. The summed E-state index contributed by atoms with van der Waals surface area (Å²) < 4.78 is 6.09. The molecule has 1 heterocycles. The van der Waals surface area contributed by atoms with Crippen molar-refractivity contribution in [2.45, 2.75) is 0 Å². The van der Waals surface area contributed by atoms with Crippen molar-refractivity contribution in [2.24, 2.45) is 0 Å². The van der Waals surface area contributed by atoms with E-state index in [9.17, 15) is 4.79 Å². The van der Waals surface area contributed by atoms with Gasteiger partial charge in [-0.15, -0.1) is 0 Å². The lowest BCUT2D eigenvalue weighted by Crippen LogP contribution is -2.36. The Bertz CT molecular complexity index is 763. The molecule has 7 heteroatoms. The molecule has 0 radical (unpaired) electrons. The highest BCUT2D eigenvalue weighted by Gasteiger charge is 2.18. The summed E-state index contributed by atoms with van der Waals surface area (Å²) in [6.45, 7) is 2.81. The van der Waals surface area contributed by atoms with E-state index < -0.39 is 0 Å². The first-order chi connectivity index (χ1) is 11.6. The molecular weight excluding hydrogens is 394 g/mol. The molecule has 1 aliphatic rings. The minimum absolute atomic E-state index is 0.234. The number of halogens is 2. The highest BCUT2D eigenvalue weighted by atomic mass is 79.9. The number of nitrogens with zero attached hydrogens (tertiary/aromatic N) is 1. The second-order valence-electron chi connectivity index (χ2n) is 5.42. The topological polar surface area (TPSA) is 67.6 Å². The van der Waals surface area contributed by atoms with E-state index in [1.54, 1.807) is 12.1 Å². The van der Waals surface area contributed by atoms with Crippen molar-refractivity contribution in [3.05, 3.63) is 51.5 Å². The zero-order chi connectivity index (χ0) is 17.1. The van der Waals surface area contributed by atoms with Crippen molar-refractivity contribution in [3.63, 3.8) is 0 Å². The fourth-order valence-corrected chi connectivity index (χ4v) is 3.27. The molecule has 1 fully saturated rings. The molecule has 3 N–H and O–H groups in total. The molecule has 2 aromatic rings. The second kappa shape index (κ2) is 7.42. The van der Waals surface area contributed by atoms with Crippen LogP contribution in [0.15, 0.2) is 40.9 Å². The summed E-state index contributed by atoms with van der Waals surface area (Å²) in [6.07, 6.45) is 0. The number of ether oxygens (including phenoxy) is 1. The normalized spacial score (nSPS) is 14.5. The van der Waals surface area contributed by atoms with Crippen LogP contribution in [0, 0.1) is 0 Å². The monoisotopic (exact) mass is 409 g/mol. The van der Waals surface area contributed by atoms with E-state index in [-0.39, 0.29) is 5.91 Å². The van der Waals surface area contributed by atoms with Gasteiger partial charge in [-0.3, -0.25) is 4.79 Å². The Morgan fingerprint density at radius 2 is 1.96 bits per heavy atom. The summed E-state index contributed by atoms with van der Waals surface area (Å²) in [7, 11) is 0. The number of hydrogen-bond acceptors (Lipinski definition) is 4. The number of carbonyl (C=O) groups excluding carboxylic acids is 1. The van der Waals surface area contributed by atoms with Gasteiger partial charge < -0.3 is 20.7 Å². The first kappa shape index (κ1) is 17.1. The van der Waals surface area contributed by atoms with E-state index in [1.165, 1.54) is 0 Å². The van der Waals surface area contributed by atoms with Gasteiger partial charge in [0.2, 0.25) is 0 Å². The molecule has 0 unspecified atom stereocenters. The molecule has 0 spiro atoms.